The summed E-state index contributed by atoms with van der Waals surface area (Å²) in [4.78, 5) is 11.9. The first-order valence-electron chi connectivity index (χ1n) is 9.74. The number of carbonyl (C=O) groups is 1. The lowest BCUT2D eigenvalue weighted by molar-refractivity contribution is -0.131. The van der Waals surface area contributed by atoms with Crippen LogP contribution in [-0.4, -0.2) is 43.7 Å². The van der Waals surface area contributed by atoms with Crippen LogP contribution in [0.1, 0.15) is 30.9 Å². The Morgan fingerprint density at radius 3 is 2.30 bits per heavy atom. The van der Waals surface area contributed by atoms with E-state index >= 15 is 0 Å². The molecule has 0 aliphatic rings. The normalized spacial score (nSPS) is 13.4. The van der Waals surface area contributed by atoms with Crippen LogP contribution in [0.5, 0.6) is 5.75 Å². The van der Waals surface area contributed by atoms with Crippen LogP contribution >= 0.6 is 0 Å². The van der Waals surface area contributed by atoms with Gasteiger partial charge in [-0.05, 0) is 43.0 Å². The van der Waals surface area contributed by atoms with E-state index in [1.165, 1.54) is 12.4 Å². The first kappa shape index (κ1) is 23.9. The van der Waals surface area contributed by atoms with Crippen molar-refractivity contribution in [3.63, 3.8) is 0 Å². The highest BCUT2D eigenvalue weighted by atomic mass is 32.2. The minimum absolute atomic E-state index is 0.0528. The predicted molar refractivity (Wildman–Crippen MR) is 114 cm³/mol. The van der Waals surface area contributed by atoms with E-state index in [9.17, 15) is 13.2 Å². The predicted octanol–water partition coefficient (Wildman–Crippen LogP) is 2.91. The molecular weight excluding hydrogens is 406 g/mol. The number of amides is 1. The second kappa shape index (κ2) is 11.1. The minimum atomic E-state index is -3.70. The lowest BCUT2D eigenvalue weighted by Gasteiger charge is -2.25. The summed E-state index contributed by atoms with van der Waals surface area (Å²) in [7, 11) is -3.70. The van der Waals surface area contributed by atoms with Gasteiger partial charge >= 0.3 is 0 Å². The van der Waals surface area contributed by atoms with Crippen molar-refractivity contribution in [3.8, 4) is 5.75 Å². The maximum atomic E-state index is 12.0. The number of ether oxygens (including phenoxy) is 2. The van der Waals surface area contributed by atoms with Gasteiger partial charge in [0.05, 0.1) is 19.8 Å². The largest absolute Gasteiger partial charge is 0.494 e. The van der Waals surface area contributed by atoms with Crippen LogP contribution in [0.3, 0.4) is 0 Å². The zero-order chi connectivity index (χ0) is 22.0. The summed E-state index contributed by atoms with van der Waals surface area (Å²) >= 11 is 0. The van der Waals surface area contributed by atoms with Crippen molar-refractivity contribution in [1.82, 2.24) is 5.48 Å². The fourth-order valence-corrected chi connectivity index (χ4v) is 3.69. The summed E-state index contributed by atoms with van der Waals surface area (Å²) in [6.45, 7) is 3.02. The lowest BCUT2D eigenvalue weighted by Crippen LogP contribution is -2.49. The zero-order valence-corrected chi connectivity index (χ0v) is 18.2. The minimum Gasteiger partial charge on any atom is -0.494 e. The Labute approximate surface area is 177 Å². The molecule has 0 saturated carbocycles. The van der Waals surface area contributed by atoms with E-state index in [0.29, 0.717) is 32.0 Å². The lowest BCUT2D eigenvalue weighted by atomic mass is 9.99. The molecule has 0 fully saturated rings. The van der Waals surface area contributed by atoms with Gasteiger partial charge in [-0.3, -0.25) is 10.0 Å². The summed E-state index contributed by atoms with van der Waals surface area (Å²) in [5, 5.41) is 8.87. The molecule has 0 aromatic heterocycles. The van der Waals surface area contributed by atoms with E-state index in [2.05, 4.69) is 0 Å². The number of hydrogen-bond donors (Lipinski definition) is 2. The van der Waals surface area contributed by atoms with E-state index in [4.69, 9.17) is 14.7 Å². The van der Waals surface area contributed by atoms with E-state index in [1.807, 2.05) is 54.6 Å². The van der Waals surface area contributed by atoms with E-state index in [1.54, 1.807) is 0 Å². The number of hydroxylamine groups is 1. The fraction of sp³-hybridized carbons (Fsp3) is 0.409. The molecule has 2 aromatic rings. The van der Waals surface area contributed by atoms with Gasteiger partial charge in [-0.2, -0.15) is 0 Å². The molecule has 7 nitrogen and oxygen atoms in total. The number of aryl methyl sites for hydroxylation is 1. The van der Waals surface area contributed by atoms with Crippen molar-refractivity contribution in [3.05, 3.63) is 65.7 Å². The van der Waals surface area contributed by atoms with Gasteiger partial charge < -0.3 is 9.47 Å². The molecule has 0 heterocycles. The number of sulfone groups is 1. The summed E-state index contributed by atoms with van der Waals surface area (Å²) in [6.07, 6.45) is 2.17. The third kappa shape index (κ3) is 6.83. The zero-order valence-electron chi connectivity index (χ0n) is 17.3. The number of rotatable bonds is 12. The second-order valence-corrected chi connectivity index (χ2v) is 9.77. The molecule has 8 heteroatoms. The van der Waals surface area contributed by atoms with Gasteiger partial charge in [0.2, 0.25) is 0 Å². The van der Waals surface area contributed by atoms with E-state index < -0.39 is 20.5 Å². The van der Waals surface area contributed by atoms with Gasteiger partial charge in [0.15, 0.2) is 9.84 Å². The molecule has 0 aliphatic carbocycles. The Balaban J connectivity index is 1.74. The molecule has 0 spiro atoms. The van der Waals surface area contributed by atoms with Gasteiger partial charge in [0.1, 0.15) is 10.5 Å². The molecule has 2 aromatic carbocycles. The van der Waals surface area contributed by atoms with Gasteiger partial charge in [0.25, 0.3) is 5.91 Å². The standard InChI is InChI=1S/C22H29NO6S/c1-22(21(24)23-25,30(2,26)27)14-13-18-9-11-20(12-10-18)29-16-6-15-28-17-19-7-4-3-5-8-19/h3-5,7-12,25H,6,13-17H2,1-2H3,(H,23,24). The van der Waals surface area contributed by atoms with Crippen LogP contribution in [0.2, 0.25) is 0 Å². The molecule has 2 rings (SSSR count). The van der Waals surface area contributed by atoms with Crippen molar-refractivity contribution < 1.29 is 27.9 Å². The highest BCUT2D eigenvalue weighted by Crippen LogP contribution is 2.24. The van der Waals surface area contributed by atoms with E-state index in [0.717, 1.165) is 23.8 Å². The SMILES string of the molecule is CC(CCc1ccc(OCCCOCc2ccccc2)cc1)(C(=O)NO)S(C)(=O)=O. The number of nitrogens with one attached hydrogen (secondary N) is 1. The molecule has 1 unspecified atom stereocenters. The molecule has 2 N–H and O–H groups in total. The average molecular weight is 436 g/mol. The summed E-state index contributed by atoms with van der Waals surface area (Å²) < 4.78 is 33.6. The van der Waals surface area contributed by atoms with Gasteiger partial charge in [0, 0.05) is 12.7 Å². The highest BCUT2D eigenvalue weighted by molar-refractivity contribution is 7.92. The van der Waals surface area contributed by atoms with Crippen LogP contribution in [0.4, 0.5) is 0 Å². The monoisotopic (exact) mass is 435 g/mol. The Kier molecular flexibility index (Phi) is 8.83. The summed E-state index contributed by atoms with van der Waals surface area (Å²) in [6, 6.07) is 17.3. The fourth-order valence-electron chi connectivity index (χ4n) is 2.84. The molecule has 1 amide bonds. The average Bonchev–Trinajstić information content (AvgIpc) is 2.74. The third-order valence-electron chi connectivity index (χ3n) is 5.03. The van der Waals surface area contributed by atoms with Crippen molar-refractivity contribution in [2.45, 2.75) is 37.5 Å². The molecule has 164 valence electrons. The first-order valence-corrected chi connectivity index (χ1v) is 11.6. The molecule has 30 heavy (non-hydrogen) atoms. The molecule has 0 radical (unpaired) electrons. The number of hydrogen-bond acceptors (Lipinski definition) is 6. The van der Waals surface area contributed by atoms with Gasteiger partial charge in [-0.1, -0.05) is 42.5 Å². The Bertz CT molecular complexity index is 899. The van der Waals surface area contributed by atoms with Crippen LogP contribution < -0.4 is 10.2 Å². The van der Waals surface area contributed by atoms with Crippen LogP contribution in [0.25, 0.3) is 0 Å². The van der Waals surface area contributed by atoms with Crippen molar-refractivity contribution >= 4 is 15.7 Å². The molecule has 1 atom stereocenters. The summed E-state index contributed by atoms with van der Waals surface area (Å²) in [5.74, 6) is -0.222. The van der Waals surface area contributed by atoms with Crippen molar-refractivity contribution in [2.75, 3.05) is 19.5 Å². The van der Waals surface area contributed by atoms with Gasteiger partial charge in [-0.15, -0.1) is 0 Å². The topological polar surface area (TPSA) is 102 Å². The summed E-state index contributed by atoms with van der Waals surface area (Å²) in [5.41, 5.74) is 3.46. The van der Waals surface area contributed by atoms with E-state index in [-0.39, 0.29) is 6.42 Å². The van der Waals surface area contributed by atoms with Gasteiger partial charge in [-0.25, -0.2) is 13.9 Å². The Morgan fingerprint density at radius 1 is 1.03 bits per heavy atom. The molecule has 0 bridgehead atoms. The van der Waals surface area contributed by atoms with Crippen LogP contribution in [0, 0.1) is 0 Å². The molecular formula is C22H29NO6S. The Morgan fingerprint density at radius 2 is 1.70 bits per heavy atom. The van der Waals surface area contributed by atoms with Crippen molar-refractivity contribution in [2.24, 2.45) is 0 Å². The quantitative estimate of drug-likeness (QED) is 0.302. The maximum Gasteiger partial charge on any atom is 0.264 e. The highest BCUT2D eigenvalue weighted by Gasteiger charge is 2.43. The smallest absolute Gasteiger partial charge is 0.264 e. The van der Waals surface area contributed by atoms with Crippen LogP contribution in [-0.2, 0) is 32.4 Å². The second-order valence-electron chi connectivity index (χ2n) is 7.33. The molecule has 0 aliphatic heterocycles. The number of carbonyl (C=O) groups excluding carboxylic acids is 1. The number of benzene rings is 2. The first-order chi connectivity index (χ1) is 14.3. The Hall–Kier alpha value is -2.42. The maximum absolute atomic E-state index is 12.0. The van der Waals surface area contributed by atoms with Crippen molar-refractivity contribution in [1.29, 1.82) is 0 Å². The third-order valence-corrected chi connectivity index (χ3v) is 7.05. The molecule has 0 saturated heterocycles. The van der Waals surface area contributed by atoms with Crippen LogP contribution in [0.15, 0.2) is 54.6 Å².